The maximum atomic E-state index is 12.9. The van der Waals surface area contributed by atoms with E-state index in [9.17, 15) is 4.79 Å². The summed E-state index contributed by atoms with van der Waals surface area (Å²) in [7, 11) is 0. The van der Waals surface area contributed by atoms with Crippen molar-refractivity contribution >= 4 is 34.2 Å². The van der Waals surface area contributed by atoms with E-state index in [2.05, 4.69) is 48.3 Å². The van der Waals surface area contributed by atoms with Gasteiger partial charge in [0.1, 0.15) is 5.70 Å². The van der Waals surface area contributed by atoms with Crippen molar-refractivity contribution in [3.8, 4) is 0 Å². The molecule has 0 spiro atoms. The van der Waals surface area contributed by atoms with E-state index in [1.165, 1.54) is 17.4 Å². The SMILES string of the molecule is CCSC1=NN2C(=c3ccccc3=N[C@H]2c2ccc(N(CC)CC)cc2)C(=O)N1. The van der Waals surface area contributed by atoms with Gasteiger partial charge in [0.15, 0.2) is 11.3 Å². The molecule has 2 aliphatic rings. The molecule has 2 aromatic carbocycles. The van der Waals surface area contributed by atoms with Crippen LogP contribution in [0.3, 0.4) is 0 Å². The maximum Gasteiger partial charge on any atom is 0.276 e. The first-order valence-electron chi connectivity index (χ1n) is 10.00. The van der Waals surface area contributed by atoms with E-state index in [1.807, 2.05) is 31.2 Å². The highest BCUT2D eigenvalue weighted by molar-refractivity contribution is 8.13. The molecule has 0 fully saturated rings. The summed E-state index contributed by atoms with van der Waals surface area (Å²) in [6.07, 6.45) is -0.371. The van der Waals surface area contributed by atoms with Crippen LogP contribution in [-0.2, 0) is 4.79 Å². The smallest absolute Gasteiger partial charge is 0.276 e. The number of thioether (sulfide) groups is 1. The number of amides is 1. The summed E-state index contributed by atoms with van der Waals surface area (Å²) in [5, 5.41) is 11.7. The molecule has 2 aliphatic heterocycles. The lowest BCUT2D eigenvalue weighted by Gasteiger charge is -2.34. The zero-order valence-electron chi connectivity index (χ0n) is 16.9. The van der Waals surface area contributed by atoms with E-state index in [1.54, 1.807) is 5.01 Å². The van der Waals surface area contributed by atoms with Crippen LogP contribution in [0, 0.1) is 0 Å². The first-order valence-corrected chi connectivity index (χ1v) is 11.0. The third-order valence-corrected chi connectivity index (χ3v) is 5.86. The van der Waals surface area contributed by atoms with Crippen LogP contribution in [0.2, 0.25) is 0 Å². The van der Waals surface area contributed by atoms with Gasteiger partial charge >= 0.3 is 0 Å². The van der Waals surface area contributed by atoms with Crippen LogP contribution in [0.25, 0.3) is 5.70 Å². The molecule has 0 saturated carbocycles. The van der Waals surface area contributed by atoms with Gasteiger partial charge in [0, 0.05) is 24.0 Å². The summed E-state index contributed by atoms with van der Waals surface area (Å²) in [4.78, 5) is 20.2. The standard InChI is InChI=1S/C22H25N5OS/c1-4-26(5-2)16-13-11-15(12-14-16)20-23-18-10-8-7-9-17(18)19-21(28)24-22(29-6-3)25-27(19)20/h7-14,20H,4-6H2,1-3H3,(H,24,25,28)/t20-/m1/s1. The van der Waals surface area contributed by atoms with Crippen molar-refractivity contribution in [1.29, 1.82) is 0 Å². The Morgan fingerprint density at radius 3 is 2.48 bits per heavy atom. The molecule has 0 bridgehead atoms. The second kappa shape index (κ2) is 8.29. The molecule has 0 saturated heterocycles. The summed E-state index contributed by atoms with van der Waals surface area (Å²) in [5.41, 5.74) is 2.74. The van der Waals surface area contributed by atoms with Gasteiger partial charge in [-0.05, 0) is 43.4 Å². The van der Waals surface area contributed by atoms with Gasteiger partial charge in [-0.25, -0.2) is 5.01 Å². The van der Waals surface area contributed by atoms with Crippen LogP contribution in [0.5, 0.6) is 0 Å². The Hall–Kier alpha value is -2.80. The maximum absolute atomic E-state index is 12.9. The highest BCUT2D eigenvalue weighted by atomic mass is 32.2. The Balaban J connectivity index is 1.82. The number of nitrogens with one attached hydrogen (secondary N) is 1. The molecule has 0 unspecified atom stereocenters. The van der Waals surface area contributed by atoms with Gasteiger partial charge in [-0.3, -0.25) is 15.1 Å². The summed E-state index contributed by atoms with van der Waals surface area (Å²) < 4.78 is 0. The van der Waals surface area contributed by atoms with E-state index >= 15 is 0 Å². The number of amidine groups is 1. The molecular weight excluding hydrogens is 382 g/mol. The molecule has 0 aromatic heterocycles. The Morgan fingerprint density at radius 2 is 1.79 bits per heavy atom. The number of carbonyl (C=O) groups is 1. The number of carbonyl (C=O) groups excluding carboxylic acids is 1. The Morgan fingerprint density at radius 1 is 1.07 bits per heavy atom. The molecule has 0 aliphatic carbocycles. The lowest BCUT2D eigenvalue weighted by molar-refractivity contribution is -0.116. The molecule has 1 atom stereocenters. The van der Waals surface area contributed by atoms with E-state index < -0.39 is 0 Å². The van der Waals surface area contributed by atoms with Crippen LogP contribution in [0.4, 0.5) is 5.69 Å². The third kappa shape index (κ3) is 3.62. The fourth-order valence-corrected chi connectivity index (χ4v) is 4.28. The lowest BCUT2D eigenvalue weighted by atomic mass is 10.1. The number of anilines is 1. The van der Waals surface area contributed by atoms with Gasteiger partial charge in [-0.2, -0.15) is 0 Å². The molecule has 7 heteroatoms. The first kappa shape index (κ1) is 19.5. The van der Waals surface area contributed by atoms with Gasteiger partial charge in [0.2, 0.25) is 0 Å². The summed E-state index contributed by atoms with van der Waals surface area (Å²) in [5.74, 6) is 0.697. The van der Waals surface area contributed by atoms with Crippen molar-refractivity contribution < 1.29 is 4.79 Å². The average molecular weight is 408 g/mol. The molecule has 29 heavy (non-hydrogen) atoms. The van der Waals surface area contributed by atoms with Gasteiger partial charge in [0.25, 0.3) is 5.91 Å². The van der Waals surface area contributed by atoms with Crippen LogP contribution in [-0.4, -0.2) is 34.9 Å². The zero-order valence-corrected chi connectivity index (χ0v) is 17.7. The summed E-state index contributed by atoms with van der Waals surface area (Å²) in [6.45, 7) is 8.27. The number of nitrogens with zero attached hydrogens (tertiary/aromatic N) is 4. The van der Waals surface area contributed by atoms with Crippen molar-refractivity contribution in [2.75, 3.05) is 23.7 Å². The highest BCUT2D eigenvalue weighted by Crippen LogP contribution is 2.31. The van der Waals surface area contributed by atoms with E-state index in [4.69, 9.17) is 10.1 Å². The van der Waals surface area contributed by atoms with Crippen LogP contribution >= 0.6 is 11.8 Å². The lowest BCUT2D eigenvalue weighted by Crippen LogP contribution is -2.50. The third-order valence-electron chi connectivity index (χ3n) is 5.12. The quantitative estimate of drug-likeness (QED) is 0.827. The van der Waals surface area contributed by atoms with Crippen molar-refractivity contribution in [3.05, 3.63) is 64.7 Å². The van der Waals surface area contributed by atoms with Crippen molar-refractivity contribution in [2.45, 2.75) is 26.9 Å². The number of hydrazone groups is 1. The fourth-order valence-electron chi connectivity index (χ4n) is 3.69. The first-order chi connectivity index (χ1) is 14.2. The number of para-hydroxylation sites is 1. The predicted molar refractivity (Wildman–Crippen MR) is 119 cm³/mol. The largest absolute Gasteiger partial charge is 0.372 e. The van der Waals surface area contributed by atoms with Crippen LogP contribution < -0.4 is 20.8 Å². The summed E-state index contributed by atoms with van der Waals surface area (Å²) >= 11 is 1.52. The normalized spacial score (nSPS) is 17.7. The van der Waals surface area contributed by atoms with Gasteiger partial charge in [0.05, 0.1) is 5.36 Å². The summed E-state index contributed by atoms with van der Waals surface area (Å²) in [6, 6.07) is 16.1. The van der Waals surface area contributed by atoms with Gasteiger partial charge < -0.3 is 4.90 Å². The number of hydrogen-bond acceptors (Lipinski definition) is 6. The fraction of sp³-hybridized carbons (Fsp3) is 0.318. The minimum absolute atomic E-state index is 0.136. The Kier molecular flexibility index (Phi) is 5.58. The monoisotopic (exact) mass is 407 g/mol. The number of rotatable bonds is 5. The highest BCUT2D eigenvalue weighted by Gasteiger charge is 2.34. The number of benzene rings is 2. The molecule has 4 rings (SSSR count). The van der Waals surface area contributed by atoms with E-state index in [-0.39, 0.29) is 12.1 Å². The van der Waals surface area contributed by atoms with Crippen LogP contribution in [0.15, 0.2) is 58.6 Å². The topological polar surface area (TPSA) is 60.3 Å². The molecule has 2 heterocycles. The van der Waals surface area contributed by atoms with Gasteiger partial charge in [-0.15, -0.1) is 5.10 Å². The average Bonchev–Trinajstić information content (AvgIpc) is 2.74. The molecule has 0 radical (unpaired) electrons. The molecular formula is C22H25N5OS. The minimum Gasteiger partial charge on any atom is -0.372 e. The van der Waals surface area contributed by atoms with Crippen molar-refractivity contribution in [2.24, 2.45) is 10.1 Å². The van der Waals surface area contributed by atoms with Crippen LogP contribution in [0.1, 0.15) is 32.5 Å². The molecule has 6 nitrogen and oxygen atoms in total. The molecule has 1 amide bonds. The number of fused-ring (bicyclic) bond motifs is 2. The van der Waals surface area contributed by atoms with Crippen molar-refractivity contribution in [1.82, 2.24) is 10.3 Å². The second-order valence-corrected chi connectivity index (χ2v) is 8.02. The van der Waals surface area contributed by atoms with E-state index in [0.29, 0.717) is 10.9 Å². The molecule has 2 aromatic rings. The number of hydrogen-bond donors (Lipinski definition) is 1. The minimum atomic E-state index is -0.371. The predicted octanol–water partition coefficient (Wildman–Crippen LogP) is 2.43. The Labute approximate surface area is 175 Å². The second-order valence-electron chi connectivity index (χ2n) is 6.77. The van der Waals surface area contributed by atoms with Crippen molar-refractivity contribution in [3.63, 3.8) is 0 Å². The molecule has 1 N–H and O–H groups in total. The van der Waals surface area contributed by atoms with E-state index in [0.717, 1.165) is 35.0 Å². The zero-order chi connectivity index (χ0) is 20.4. The Bertz CT molecular complexity index is 1060. The van der Waals surface area contributed by atoms with Gasteiger partial charge in [-0.1, -0.05) is 49.0 Å². The molecule has 150 valence electrons.